The van der Waals surface area contributed by atoms with Gasteiger partial charge in [-0.1, -0.05) is 79.9 Å². The quantitative estimate of drug-likeness (QED) is 0.166. The minimum Gasteiger partial charge on any atom is -0.356 e. The Kier molecular flexibility index (Phi) is 8.07. The van der Waals surface area contributed by atoms with E-state index in [1.807, 2.05) is 66.7 Å². The number of aromatic nitrogens is 3. The van der Waals surface area contributed by atoms with E-state index < -0.39 is 0 Å². The lowest BCUT2D eigenvalue weighted by molar-refractivity contribution is 0.0639. The number of benzene rings is 4. The number of fused-ring (bicyclic) bond motifs is 4. The molecule has 0 aliphatic carbocycles. The maximum atomic E-state index is 12.3. The molecule has 0 bridgehead atoms. The molecule has 0 spiro atoms. The molecule has 4 heterocycles. The lowest BCUT2D eigenvalue weighted by Gasteiger charge is -2.11. The first-order chi connectivity index (χ1) is 21.1. The van der Waals surface area contributed by atoms with Crippen molar-refractivity contribution < 1.29 is 23.2 Å². The van der Waals surface area contributed by atoms with Crippen LogP contribution in [0.5, 0.6) is 0 Å². The molecule has 1 aliphatic heterocycles. The van der Waals surface area contributed by atoms with Crippen LogP contribution in [0.4, 0.5) is 0 Å². The lowest BCUT2D eigenvalue weighted by Crippen LogP contribution is -2.29. The molecule has 7 aromatic rings. The van der Waals surface area contributed by atoms with Gasteiger partial charge in [0.05, 0.1) is 17.7 Å². The Labute approximate surface area is 253 Å². The van der Waals surface area contributed by atoms with Gasteiger partial charge in [-0.3, -0.25) is 14.5 Å². The van der Waals surface area contributed by atoms with E-state index in [-0.39, 0.29) is 18.4 Å². The van der Waals surface area contributed by atoms with Crippen LogP contribution >= 0.6 is 15.9 Å². The van der Waals surface area contributed by atoms with Gasteiger partial charge in [0.15, 0.2) is 16.7 Å². The fourth-order valence-electron chi connectivity index (χ4n) is 4.70. The van der Waals surface area contributed by atoms with Gasteiger partial charge in [0, 0.05) is 28.0 Å². The topological polar surface area (TPSA) is 141 Å². The van der Waals surface area contributed by atoms with E-state index in [1.54, 1.807) is 30.3 Å². The number of imide groups is 1. The van der Waals surface area contributed by atoms with Crippen molar-refractivity contribution >= 4 is 60.7 Å². The summed E-state index contributed by atoms with van der Waals surface area (Å²) < 4.78 is 15.3. The summed E-state index contributed by atoms with van der Waals surface area (Å²) in [5.41, 5.74) is 11.0. The Balaban J connectivity index is 0.000000126. The highest BCUT2D eigenvalue weighted by atomic mass is 79.9. The predicted molar refractivity (Wildman–Crippen MR) is 163 cm³/mol. The molecule has 0 radical (unpaired) electrons. The number of nitrogens with zero attached hydrogens (tertiary/aromatic N) is 4. The van der Waals surface area contributed by atoms with Crippen LogP contribution in [0.15, 0.2) is 111 Å². The first kappa shape index (κ1) is 28.0. The van der Waals surface area contributed by atoms with Crippen molar-refractivity contribution in [2.75, 3.05) is 0 Å². The van der Waals surface area contributed by atoms with Gasteiger partial charge >= 0.3 is 0 Å². The second-order valence-electron chi connectivity index (χ2n) is 9.46. The number of carbonyl (C=O) groups is 2. The third-order valence-corrected chi connectivity index (χ3v) is 7.39. The highest BCUT2D eigenvalue weighted by Gasteiger charge is 2.35. The number of nitrogens with two attached hydrogens (primary N) is 1. The number of para-hydroxylation sites is 3. The van der Waals surface area contributed by atoms with Crippen molar-refractivity contribution in [2.24, 2.45) is 5.73 Å². The molecule has 0 atom stereocenters. The minimum absolute atomic E-state index is 0.114. The number of alkyl halides is 1. The summed E-state index contributed by atoms with van der Waals surface area (Å²) in [6, 6.07) is 29.7. The number of hydrogen-bond donors (Lipinski definition) is 1. The van der Waals surface area contributed by atoms with Crippen LogP contribution in [0.3, 0.4) is 0 Å². The smallest absolute Gasteiger partial charge is 0.261 e. The number of halogens is 1. The molecule has 43 heavy (non-hydrogen) atoms. The van der Waals surface area contributed by atoms with E-state index in [0.717, 1.165) is 44.0 Å². The molecule has 0 unspecified atom stereocenters. The Bertz CT molecular complexity index is 1950. The summed E-state index contributed by atoms with van der Waals surface area (Å²) in [5, 5.41) is 15.3. The monoisotopic (exact) mass is 637 g/mol. The molecule has 2 N–H and O–H groups in total. The predicted octanol–water partition coefficient (Wildman–Crippen LogP) is 6.63. The normalized spacial score (nSPS) is 12.3. The van der Waals surface area contributed by atoms with Crippen molar-refractivity contribution in [3.63, 3.8) is 0 Å². The maximum Gasteiger partial charge on any atom is 0.261 e. The highest BCUT2D eigenvalue weighted by molar-refractivity contribution is 9.08. The Hall–Kier alpha value is -5.13. The van der Waals surface area contributed by atoms with E-state index in [9.17, 15) is 9.59 Å². The summed E-state index contributed by atoms with van der Waals surface area (Å²) >= 11 is 3.34. The van der Waals surface area contributed by atoms with Crippen molar-refractivity contribution in [1.29, 1.82) is 0 Å². The Morgan fingerprint density at radius 2 is 0.977 bits per heavy atom. The standard InChI is InChI=1S/C16H10N2O3.C8H6BrNO.C8H8N2O/c19-15-10-5-1-2-6-11(10)16(20)18(15)9-13-12-7-3-4-8-14(12)21-17-13;2*9-5-7-6-3-1-2-4-8(6)11-10-7/h1-8H,9H2;1-4H,5H2;1-4H,5,9H2. The molecule has 10 nitrogen and oxygen atoms in total. The number of carbonyl (C=O) groups excluding carboxylic acids is 2. The van der Waals surface area contributed by atoms with Gasteiger partial charge in [-0.05, 0) is 48.5 Å². The van der Waals surface area contributed by atoms with Crippen LogP contribution in [-0.2, 0) is 18.4 Å². The van der Waals surface area contributed by atoms with Crippen LogP contribution < -0.4 is 5.73 Å². The molecular weight excluding hydrogens is 614 g/mol. The van der Waals surface area contributed by atoms with Crippen molar-refractivity contribution in [2.45, 2.75) is 18.4 Å². The third kappa shape index (κ3) is 5.55. The average molecular weight is 638 g/mol. The van der Waals surface area contributed by atoms with Crippen molar-refractivity contribution in [1.82, 2.24) is 20.4 Å². The molecule has 0 fully saturated rings. The van der Waals surface area contributed by atoms with Gasteiger partial charge in [-0.15, -0.1) is 0 Å². The SMILES string of the molecule is BrCc1noc2ccccc12.NCc1noc2ccccc12.O=C1c2ccccc2C(=O)N1Cc1noc2ccccc12. The molecule has 1 aliphatic rings. The zero-order valence-electron chi connectivity index (χ0n) is 22.6. The first-order valence-electron chi connectivity index (χ1n) is 13.3. The number of hydrogen-bond acceptors (Lipinski definition) is 9. The molecule has 8 rings (SSSR count). The second kappa shape index (κ2) is 12.4. The van der Waals surface area contributed by atoms with Gasteiger partial charge < -0.3 is 19.3 Å². The summed E-state index contributed by atoms with van der Waals surface area (Å²) in [6.45, 7) is 0.542. The number of rotatable bonds is 4. The number of amides is 2. The Morgan fingerprint density at radius 3 is 1.47 bits per heavy atom. The van der Waals surface area contributed by atoms with Gasteiger partial charge in [-0.2, -0.15) is 0 Å². The molecule has 0 saturated heterocycles. The summed E-state index contributed by atoms with van der Waals surface area (Å²) in [5.74, 6) is -0.578. The fraction of sp³-hybridized carbons (Fsp3) is 0.0938. The van der Waals surface area contributed by atoms with Crippen LogP contribution in [0.1, 0.15) is 37.8 Å². The summed E-state index contributed by atoms with van der Waals surface area (Å²) in [4.78, 5) is 25.8. The van der Waals surface area contributed by atoms with Gasteiger partial charge in [0.1, 0.15) is 17.1 Å². The highest BCUT2D eigenvalue weighted by Crippen LogP contribution is 2.26. The zero-order chi connectivity index (χ0) is 29.8. The van der Waals surface area contributed by atoms with Crippen LogP contribution in [0.25, 0.3) is 32.9 Å². The lowest BCUT2D eigenvalue weighted by atomic mass is 10.1. The van der Waals surface area contributed by atoms with Crippen molar-refractivity contribution in [3.05, 3.63) is 125 Å². The van der Waals surface area contributed by atoms with Crippen molar-refractivity contribution in [3.8, 4) is 0 Å². The zero-order valence-corrected chi connectivity index (χ0v) is 24.2. The van der Waals surface area contributed by atoms with Gasteiger partial charge in [0.2, 0.25) is 0 Å². The van der Waals surface area contributed by atoms with Crippen LogP contribution in [0.2, 0.25) is 0 Å². The molecule has 2 amide bonds. The largest absolute Gasteiger partial charge is 0.356 e. The molecule has 11 heteroatoms. The van der Waals surface area contributed by atoms with Crippen LogP contribution in [0, 0.1) is 0 Å². The molecular formula is C32H24BrN5O5. The van der Waals surface area contributed by atoms with E-state index in [4.69, 9.17) is 19.3 Å². The fourth-order valence-corrected chi connectivity index (χ4v) is 5.11. The van der Waals surface area contributed by atoms with E-state index in [1.165, 1.54) is 4.90 Å². The third-order valence-electron chi connectivity index (χ3n) is 6.86. The summed E-state index contributed by atoms with van der Waals surface area (Å²) in [7, 11) is 0. The maximum absolute atomic E-state index is 12.3. The van der Waals surface area contributed by atoms with E-state index in [2.05, 4.69) is 31.4 Å². The van der Waals surface area contributed by atoms with Gasteiger partial charge in [0.25, 0.3) is 11.8 Å². The first-order valence-corrected chi connectivity index (χ1v) is 14.4. The molecule has 4 aromatic carbocycles. The molecule has 0 saturated carbocycles. The van der Waals surface area contributed by atoms with Crippen LogP contribution in [-0.4, -0.2) is 32.2 Å². The van der Waals surface area contributed by atoms with Gasteiger partial charge in [-0.25, -0.2) is 0 Å². The average Bonchev–Trinajstić information content (AvgIpc) is 3.84. The van der Waals surface area contributed by atoms with E-state index in [0.29, 0.717) is 28.9 Å². The minimum atomic E-state index is -0.289. The summed E-state index contributed by atoms with van der Waals surface area (Å²) in [6.07, 6.45) is 0. The Morgan fingerprint density at radius 1 is 0.581 bits per heavy atom. The molecule has 3 aromatic heterocycles. The van der Waals surface area contributed by atoms with E-state index >= 15 is 0 Å². The molecule has 214 valence electrons. The second-order valence-corrected chi connectivity index (χ2v) is 10.0.